The molecule has 1 fully saturated rings. The summed E-state index contributed by atoms with van der Waals surface area (Å²) in [6, 6.07) is 4.20. The lowest BCUT2D eigenvalue weighted by Crippen LogP contribution is -2.49. The van der Waals surface area contributed by atoms with E-state index >= 15 is 0 Å². The molecule has 1 aliphatic heterocycles. The van der Waals surface area contributed by atoms with Gasteiger partial charge in [0.1, 0.15) is 6.04 Å². The van der Waals surface area contributed by atoms with E-state index in [1.54, 1.807) is 25.1 Å². The predicted molar refractivity (Wildman–Crippen MR) is 112 cm³/mol. The summed E-state index contributed by atoms with van der Waals surface area (Å²) in [5.41, 5.74) is 1.24. The second-order valence-corrected chi connectivity index (χ2v) is 9.28. The summed E-state index contributed by atoms with van der Waals surface area (Å²) in [6.07, 6.45) is 2.26. The third-order valence-corrected chi connectivity index (χ3v) is 6.38. The monoisotopic (exact) mass is 431 g/mol. The Labute approximate surface area is 173 Å². The van der Waals surface area contributed by atoms with E-state index in [-0.39, 0.29) is 5.91 Å². The molecule has 2 rings (SSSR count). The lowest BCUT2D eigenvalue weighted by Gasteiger charge is -2.30. The summed E-state index contributed by atoms with van der Waals surface area (Å²) in [7, 11) is -3.66. The molecule has 1 saturated heterocycles. The van der Waals surface area contributed by atoms with E-state index in [2.05, 4.69) is 10.2 Å². The van der Waals surface area contributed by atoms with Gasteiger partial charge in [0.05, 0.1) is 25.2 Å². The Balaban J connectivity index is 2.03. The maximum Gasteiger partial charge on any atom is 0.243 e. The lowest BCUT2D eigenvalue weighted by molar-refractivity contribution is -0.122. The van der Waals surface area contributed by atoms with Crippen molar-refractivity contribution in [2.24, 2.45) is 0 Å². The molecule has 0 radical (unpaired) electrons. The second-order valence-electron chi connectivity index (χ2n) is 7.01. The Morgan fingerprint density at radius 2 is 2.04 bits per heavy atom. The highest BCUT2D eigenvalue weighted by molar-refractivity contribution is 7.92. The number of aryl methyl sites for hydroxylation is 1. The number of nitrogens with one attached hydrogen (secondary N) is 1. The molecule has 0 unspecified atom stereocenters. The Morgan fingerprint density at radius 3 is 2.61 bits per heavy atom. The molecule has 1 aliphatic rings. The third-order valence-electron chi connectivity index (χ3n) is 4.79. The van der Waals surface area contributed by atoms with E-state index in [1.807, 2.05) is 6.92 Å². The molecule has 0 aliphatic carbocycles. The normalized spacial score (nSPS) is 16.6. The fourth-order valence-electron chi connectivity index (χ4n) is 3.24. The zero-order chi connectivity index (χ0) is 20.7. The summed E-state index contributed by atoms with van der Waals surface area (Å²) >= 11 is 6.18. The average Bonchev–Trinajstić information content (AvgIpc) is 2.65. The molecular weight excluding hydrogens is 402 g/mol. The van der Waals surface area contributed by atoms with Crippen LogP contribution in [0, 0.1) is 6.92 Å². The molecule has 158 valence electrons. The van der Waals surface area contributed by atoms with Crippen LogP contribution in [-0.4, -0.2) is 70.9 Å². The SMILES string of the molecule is CC[C@@H](C(=O)NCCCN1CCOCC1)N(c1ccc(C)c(Cl)c1)S(C)(=O)=O. The fourth-order valence-corrected chi connectivity index (χ4v) is 4.61. The third kappa shape index (κ3) is 6.34. The summed E-state index contributed by atoms with van der Waals surface area (Å²) in [5, 5.41) is 3.35. The number of hydrogen-bond acceptors (Lipinski definition) is 5. The minimum atomic E-state index is -3.66. The number of halogens is 1. The van der Waals surface area contributed by atoms with Crippen LogP contribution in [0.4, 0.5) is 5.69 Å². The van der Waals surface area contributed by atoms with Crippen LogP contribution in [0.25, 0.3) is 0 Å². The summed E-state index contributed by atoms with van der Waals surface area (Å²) in [5.74, 6) is -0.299. The van der Waals surface area contributed by atoms with Crippen molar-refractivity contribution in [3.05, 3.63) is 28.8 Å². The first kappa shape index (κ1) is 22.9. The van der Waals surface area contributed by atoms with Crippen molar-refractivity contribution in [2.45, 2.75) is 32.7 Å². The largest absolute Gasteiger partial charge is 0.379 e. The van der Waals surface area contributed by atoms with Gasteiger partial charge in [-0.15, -0.1) is 0 Å². The van der Waals surface area contributed by atoms with Crippen LogP contribution in [0.2, 0.25) is 5.02 Å². The van der Waals surface area contributed by atoms with Crippen LogP contribution in [0.1, 0.15) is 25.3 Å². The molecule has 1 amide bonds. The van der Waals surface area contributed by atoms with Gasteiger partial charge < -0.3 is 10.1 Å². The van der Waals surface area contributed by atoms with E-state index in [0.717, 1.165) is 55.4 Å². The molecule has 1 N–H and O–H groups in total. The first-order valence-corrected chi connectivity index (χ1v) is 11.8. The number of amides is 1. The lowest BCUT2D eigenvalue weighted by atomic mass is 10.1. The summed E-state index contributed by atoms with van der Waals surface area (Å²) in [4.78, 5) is 15.1. The van der Waals surface area contributed by atoms with E-state index < -0.39 is 16.1 Å². The van der Waals surface area contributed by atoms with E-state index in [9.17, 15) is 13.2 Å². The second kappa shape index (κ2) is 10.4. The van der Waals surface area contributed by atoms with E-state index in [1.165, 1.54) is 0 Å². The molecule has 1 atom stereocenters. The van der Waals surface area contributed by atoms with Crippen molar-refractivity contribution in [1.29, 1.82) is 0 Å². The maximum atomic E-state index is 12.8. The van der Waals surface area contributed by atoms with Crippen LogP contribution in [0.5, 0.6) is 0 Å². The minimum absolute atomic E-state index is 0.299. The molecule has 1 heterocycles. The van der Waals surface area contributed by atoms with E-state index in [4.69, 9.17) is 16.3 Å². The number of morpholine rings is 1. The van der Waals surface area contributed by atoms with Gasteiger partial charge in [0.15, 0.2) is 0 Å². The number of nitrogens with zero attached hydrogens (tertiary/aromatic N) is 2. The van der Waals surface area contributed by atoms with Crippen molar-refractivity contribution < 1.29 is 17.9 Å². The van der Waals surface area contributed by atoms with Crippen molar-refractivity contribution >= 4 is 33.2 Å². The zero-order valence-electron chi connectivity index (χ0n) is 16.8. The zero-order valence-corrected chi connectivity index (χ0v) is 18.4. The Hall–Kier alpha value is -1.35. The van der Waals surface area contributed by atoms with Gasteiger partial charge in [-0.2, -0.15) is 0 Å². The molecule has 7 nitrogen and oxygen atoms in total. The molecular formula is C19H30ClN3O4S. The summed E-state index contributed by atoms with van der Waals surface area (Å²) < 4.78 is 31.4. The van der Waals surface area contributed by atoms with Gasteiger partial charge in [0.2, 0.25) is 15.9 Å². The number of benzene rings is 1. The smallest absolute Gasteiger partial charge is 0.243 e. The van der Waals surface area contributed by atoms with Gasteiger partial charge in [-0.05, 0) is 44.0 Å². The standard InChI is InChI=1S/C19H30ClN3O4S/c1-4-18(19(24)21-8-5-9-22-10-12-27-13-11-22)23(28(3,25)26)16-7-6-15(2)17(20)14-16/h6-7,14,18H,4-5,8-13H2,1-3H3,(H,21,24)/t18-/m0/s1. The number of hydrogen-bond donors (Lipinski definition) is 1. The van der Waals surface area contributed by atoms with Gasteiger partial charge in [0.25, 0.3) is 0 Å². The Kier molecular flexibility index (Phi) is 8.55. The van der Waals surface area contributed by atoms with Crippen LogP contribution in [-0.2, 0) is 19.6 Å². The highest BCUT2D eigenvalue weighted by Crippen LogP contribution is 2.27. The topological polar surface area (TPSA) is 79.0 Å². The summed E-state index contributed by atoms with van der Waals surface area (Å²) in [6.45, 7) is 8.31. The quantitative estimate of drug-likeness (QED) is 0.605. The average molecular weight is 432 g/mol. The van der Waals surface area contributed by atoms with Gasteiger partial charge in [0, 0.05) is 24.7 Å². The number of anilines is 1. The highest BCUT2D eigenvalue weighted by Gasteiger charge is 2.31. The van der Waals surface area contributed by atoms with E-state index in [0.29, 0.717) is 23.7 Å². The number of carbonyl (C=O) groups excluding carboxylic acids is 1. The molecule has 28 heavy (non-hydrogen) atoms. The molecule has 0 bridgehead atoms. The Morgan fingerprint density at radius 1 is 1.36 bits per heavy atom. The number of sulfonamides is 1. The molecule has 0 spiro atoms. The minimum Gasteiger partial charge on any atom is -0.379 e. The molecule has 0 aromatic heterocycles. The van der Waals surface area contributed by atoms with Gasteiger partial charge >= 0.3 is 0 Å². The molecule has 0 saturated carbocycles. The number of rotatable bonds is 9. The van der Waals surface area contributed by atoms with Crippen LogP contribution in [0.15, 0.2) is 18.2 Å². The van der Waals surface area contributed by atoms with Crippen molar-refractivity contribution in [3.63, 3.8) is 0 Å². The van der Waals surface area contributed by atoms with Crippen LogP contribution >= 0.6 is 11.6 Å². The van der Waals surface area contributed by atoms with Crippen LogP contribution in [0.3, 0.4) is 0 Å². The number of carbonyl (C=O) groups is 1. The van der Waals surface area contributed by atoms with Gasteiger partial charge in [-0.3, -0.25) is 14.0 Å². The predicted octanol–water partition coefficient (Wildman–Crippen LogP) is 2.03. The first-order chi connectivity index (χ1) is 13.2. The van der Waals surface area contributed by atoms with Crippen molar-refractivity contribution in [3.8, 4) is 0 Å². The highest BCUT2D eigenvalue weighted by atomic mass is 35.5. The Bertz CT molecular complexity index is 766. The van der Waals surface area contributed by atoms with Gasteiger partial charge in [-0.25, -0.2) is 8.42 Å². The molecule has 1 aromatic rings. The molecule has 9 heteroatoms. The van der Waals surface area contributed by atoms with Crippen molar-refractivity contribution in [1.82, 2.24) is 10.2 Å². The van der Waals surface area contributed by atoms with Crippen LogP contribution < -0.4 is 9.62 Å². The maximum absolute atomic E-state index is 12.8. The number of ether oxygens (including phenoxy) is 1. The molecule has 1 aromatic carbocycles. The van der Waals surface area contributed by atoms with Crippen molar-refractivity contribution in [2.75, 3.05) is 50.0 Å². The fraction of sp³-hybridized carbons (Fsp3) is 0.632. The first-order valence-electron chi connectivity index (χ1n) is 9.57. The van der Waals surface area contributed by atoms with Gasteiger partial charge in [-0.1, -0.05) is 24.6 Å².